The average Bonchev–Trinajstić information content (AvgIpc) is 3.18. The summed E-state index contributed by atoms with van der Waals surface area (Å²) in [6.45, 7) is 2.16. The van der Waals surface area contributed by atoms with E-state index in [2.05, 4.69) is 15.6 Å². The Kier molecular flexibility index (Phi) is 6.07. The minimum absolute atomic E-state index is 0.194. The van der Waals surface area contributed by atoms with Crippen LogP contribution >= 0.6 is 0 Å². The highest BCUT2D eigenvalue weighted by molar-refractivity contribution is 5.92. The molecule has 0 bridgehead atoms. The van der Waals surface area contributed by atoms with E-state index in [1.807, 2.05) is 41.1 Å². The lowest BCUT2D eigenvalue weighted by Crippen LogP contribution is -2.42. The standard InChI is InChI=1S/C23H26N4O3/c1-16(22(28)24-19-7-3-2-4-8-19)30-23(29)18-13-11-17(12-14-18)15-27-21-10-6-5-9-20(21)25-26-27/h5-6,9-14,16,19H,2-4,7-8,15H2,1H3,(H,24,28)/t16-/m0/s1. The van der Waals surface area contributed by atoms with Crippen molar-refractivity contribution in [3.63, 3.8) is 0 Å². The minimum atomic E-state index is -0.819. The normalized spacial score (nSPS) is 15.6. The van der Waals surface area contributed by atoms with Crippen LogP contribution in [0.5, 0.6) is 0 Å². The van der Waals surface area contributed by atoms with Gasteiger partial charge in [-0.15, -0.1) is 5.10 Å². The zero-order chi connectivity index (χ0) is 20.9. The number of para-hydroxylation sites is 1. The Bertz CT molecular complexity index is 1020. The Labute approximate surface area is 175 Å². The molecule has 1 aliphatic rings. The second-order valence-corrected chi connectivity index (χ2v) is 7.82. The molecule has 7 nitrogen and oxygen atoms in total. The molecule has 1 heterocycles. The van der Waals surface area contributed by atoms with Gasteiger partial charge in [0.05, 0.1) is 17.6 Å². The predicted octanol–water partition coefficient (Wildman–Crippen LogP) is 3.47. The van der Waals surface area contributed by atoms with Crippen LogP contribution in [0.4, 0.5) is 0 Å². The second kappa shape index (κ2) is 9.07. The molecular formula is C23H26N4O3. The average molecular weight is 406 g/mol. The SMILES string of the molecule is C[C@H](OC(=O)c1ccc(Cn2nnc3ccccc32)cc1)C(=O)NC1CCCCC1. The fourth-order valence-corrected chi connectivity index (χ4v) is 3.80. The zero-order valence-electron chi connectivity index (χ0n) is 17.1. The monoisotopic (exact) mass is 406 g/mol. The molecule has 30 heavy (non-hydrogen) atoms. The van der Waals surface area contributed by atoms with Crippen molar-refractivity contribution >= 4 is 22.9 Å². The van der Waals surface area contributed by atoms with Gasteiger partial charge in [0.25, 0.3) is 5.91 Å². The maximum absolute atomic E-state index is 12.4. The van der Waals surface area contributed by atoms with E-state index in [4.69, 9.17) is 4.74 Å². The van der Waals surface area contributed by atoms with E-state index in [0.717, 1.165) is 42.3 Å². The largest absolute Gasteiger partial charge is 0.449 e. The Balaban J connectivity index is 1.33. The molecule has 1 fully saturated rings. The summed E-state index contributed by atoms with van der Waals surface area (Å²) in [6, 6.07) is 15.1. The highest BCUT2D eigenvalue weighted by atomic mass is 16.5. The number of hydrogen-bond donors (Lipinski definition) is 1. The molecule has 1 aliphatic carbocycles. The van der Waals surface area contributed by atoms with Gasteiger partial charge in [0, 0.05) is 6.04 Å². The summed E-state index contributed by atoms with van der Waals surface area (Å²) >= 11 is 0. The molecule has 0 unspecified atom stereocenters. The molecule has 7 heteroatoms. The second-order valence-electron chi connectivity index (χ2n) is 7.82. The van der Waals surface area contributed by atoms with E-state index < -0.39 is 12.1 Å². The van der Waals surface area contributed by atoms with Gasteiger partial charge in [-0.2, -0.15) is 0 Å². The fourth-order valence-electron chi connectivity index (χ4n) is 3.80. The van der Waals surface area contributed by atoms with Gasteiger partial charge in [0.2, 0.25) is 0 Å². The van der Waals surface area contributed by atoms with E-state index in [1.54, 1.807) is 19.1 Å². The lowest BCUT2D eigenvalue weighted by atomic mass is 9.95. The first-order valence-electron chi connectivity index (χ1n) is 10.5. The summed E-state index contributed by atoms with van der Waals surface area (Å²) in [7, 11) is 0. The molecule has 1 N–H and O–H groups in total. The molecule has 4 rings (SSSR count). The maximum atomic E-state index is 12.4. The Morgan fingerprint density at radius 2 is 1.83 bits per heavy atom. The van der Waals surface area contributed by atoms with Gasteiger partial charge >= 0.3 is 5.97 Å². The van der Waals surface area contributed by atoms with Crippen LogP contribution in [-0.2, 0) is 16.1 Å². The fraction of sp³-hybridized carbons (Fsp3) is 0.391. The summed E-state index contributed by atoms with van der Waals surface area (Å²) in [5.41, 5.74) is 3.21. The number of benzene rings is 2. The van der Waals surface area contributed by atoms with Crippen LogP contribution < -0.4 is 5.32 Å². The number of hydrogen-bond acceptors (Lipinski definition) is 5. The van der Waals surface area contributed by atoms with Gasteiger partial charge in [-0.3, -0.25) is 4.79 Å². The number of rotatable bonds is 6. The van der Waals surface area contributed by atoms with Crippen LogP contribution in [0.15, 0.2) is 48.5 Å². The van der Waals surface area contributed by atoms with E-state index >= 15 is 0 Å². The molecule has 156 valence electrons. The first-order chi connectivity index (χ1) is 14.6. The molecular weight excluding hydrogens is 380 g/mol. The predicted molar refractivity (Wildman–Crippen MR) is 113 cm³/mol. The quantitative estimate of drug-likeness (QED) is 0.634. The lowest BCUT2D eigenvalue weighted by Gasteiger charge is -2.24. The van der Waals surface area contributed by atoms with Crippen molar-refractivity contribution in [1.82, 2.24) is 20.3 Å². The highest BCUT2D eigenvalue weighted by Crippen LogP contribution is 2.18. The molecule has 3 aromatic rings. The summed E-state index contributed by atoms with van der Waals surface area (Å²) in [5.74, 6) is -0.732. The van der Waals surface area contributed by atoms with Crippen LogP contribution in [0.25, 0.3) is 11.0 Å². The van der Waals surface area contributed by atoms with Crippen molar-refractivity contribution in [2.75, 3.05) is 0 Å². The van der Waals surface area contributed by atoms with Crippen LogP contribution in [0.2, 0.25) is 0 Å². The lowest BCUT2D eigenvalue weighted by molar-refractivity contribution is -0.130. The number of aromatic nitrogens is 3. The molecule has 0 saturated heterocycles. The van der Waals surface area contributed by atoms with E-state index in [1.165, 1.54) is 6.42 Å². The van der Waals surface area contributed by atoms with Crippen molar-refractivity contribution in [3.8, 4) is 0 Å². The number of ether oxygens (including phenoxy) is 1. The number of carbonyl (C=O) groups excluding carboxylic acids is 2. The third-order valence-electron chi connectivity index (χ3n) is 5.55. The molecule has 0 aliphatic heterocycles. The molecule has 1 saturated carbocycles. The Morgan fingerprint density at radius 3 is 2.60 bits per heavy atom. The van der Waals surface area contributed by atoms with E-state index in [0.29, 0.717) is 12.1 Å². The van der Waals surface area contributed by atoms with Gasteiger partial charge in [0.1, 0.15) is 5.52 Å². The number of nitrogens with zero attached hydrogens (tertiary/aromatic N) is 3. The summed E-state index contributed by atoms with van der Waals surface area (Å²) in [6.07, 6.45) is 4.66. The number of nitrogens with one attached hydrogen (secondary N) is 1. The third-order valence-corrected chi connectivity index (χ3v) is 5.55. The zero-order valence-corrected chi connectivity index (χ0v) is 17.1. The highest BCUT2D eigenvalue weighted by Gasteiger charge is 2.22. The number of esters is 1. The molecule has 1 aromatic heterocycles. The van der Waals surface area contributed by atoms with Crippen LogP contribution in [0, 0.1) is 0 Å². The minimum Gasteiger partial charge on any atom is -0.449 e. The van der Waals surface area contributed by atoms with Crippen molar-refractivity contribution in [1.29, 1.82) is 0 Å². The van der Waals surface area contributed by atoms with E-state index in [-0.39, 0.29) is 11.9 Å². The molecule has 0 radical (unpaired) electrons. The van der Waals surface area contributed by atoms with Gasteiger partial charge in [-0.05, 0) is 49.6 Å². The van der Waals surface area contributed by atoms with Crippen molar-refractivity contribution in [2.24, 2.45) is 0 Å². The smallest absolute Gasteiger partial charge is 0.338 e. The Morgan fingerprint density at radius 1 is 1.10 bits per heavy atom. The van der Waals surface area contributed by atoms with Gasteiger partial charge in [0.15, 0.2) is 6.10 Å². The summed E-state index contributed by atoms with van der Waals surface area (Å²) in [5, 5.41) is 11.3. The summed E-state index contributed by atoms with van der Waals surface area (Å²) in [4.78, 5) is 24.7. The number of amides is 1. The first kappa shape index (κ1) is 20.1. The first-order valence-corrected chi connectivity index (χ1v) is 10.5. The molecule has 1 atom stereocenters. The van der Waals surface area contributed by atoms with Gasteiger partial charge < -0.3 is 10.1 Å². The van der Waals surface area contributed by atoms with Crippen molar-refractivity contribution in [2.45, 2.75) is 57.7 Å². The number of fused-ring (bicyclic) bond motifs is 1. The molecule has 1 amide bonds. The maximum Gasteiger partial charge on any atom is 0.338 e. The Hall–Kier alpha value is -3.22. The molecule has 2 aromatic carbocycles. The van der Waals surface area contributed by atoms with Gasteiger partial charge in [-0.1, -0.05) is 48.7 Å². The van der Waals surface area contributed by atoms with Gasteiger partial charge in [-0.25, -0.2) is 9.48 Å². The summed E-state index contributed by atoms with van der Waals surface area (Å²) < 4.78 is 7.18. The van der Waals surface area contributed by atoms with Crippen molar-refractivity contribution < 1.29 is 14.3 Å². The van der Waals surface area contributed by atoms with Crippen molar-refractivity contribution in [3.05, 3.63) is 59.7 Å². The topological polar surface area (TPSA) is 86.1 Å². The third kappa shape index (κ3) is 4.67. The molecule has 0 spiro atoms. The number of carbonyl (C=O) groups is 2. The van der Waals surface area contributed by atoms with Crippen LogP contribution in [0.3, 0.4) is 0 Å². The van der Waals surface area contributed by atoms with Crippen LogP contribution in [-0.4, -0.2) is 39.0 Å². The van der Waals surface area contributed by atoms with Crippen LogP contribution in [0.1, 0.15) is 54.9 Å². The van der Waals surface area contributed by atoms with E-state index in [9.17, 15) is 9.59 Å².